The maximum absolute atomic E-state index is 9.72. The minimum absolute atomic E-state index is 0.501. The highest BCUT2D eigenvalue weighted by atomic mass is 32.3. The molecule has 10 heteroatoms. The summed E-state index contributed by atoms with van der Waals surface area (Å²) in [5.74, 6) is 0. The molecule has 2 nitrogen and oxygen atoms in total. The van der Waals surface area contributed by atoms with Crippen molar-refractivity contribution in [2.24, 2.45) is 0 Å². The van der Waals surface area contributed by atoms with E-state index in [2.05, 4.69) is 12.1 Å². The average Bonchev–Trinajstić information content (AvgIpc) is 3.22. The smallest absolute Gasteiger partial charge is 0.102 e. The predicted octanol–water partition coefficient (Wildman–Crippen LogP) is 7.12. The van der Waals surface area contributed by atoms with Crippen molar-refractivity contribution in [2.45, 2.75) is 0 Å². The van der Waals surface area contributed by atoms with E-state index < -0.39 is 0 Å². The van der Waals surface area contributed by atoms with E-state index in [0.29, 0.717) is 11.1 Å². The van der Waals surface area contributed by atoms with Gasteiger partial charge in [-0.05, 0) is 25.0 Å². The zero-order chi connectivity index (χ0) is 17.7. The van der Waals surface area contributed by atoms with Crippen molar-refractivity contribution >= 4 is 94.1 Å². The summed E-state index contributed by atoms with van der Waals surface area (Å²) in [5.41, 5.74) is 1.00. The molecule has 0 aliphatic carbocycles. The van der Waals surface area contributed by atoms with Gasteiger partial charge in [-0.25, -0.2) is 0 Å². The summed E-state index contributed by atoms with van der Waals surface area (Å²) in [6.07, 6.45) is 8.17. The number of nitriles is 2. The van der Waals surface area contributed by atoms with Gasteiger partial charge >= 0.3 is 0 Å². The molecule has 24 heavy (non-hydrogen) atoms. The van der Waals surface area contributed by atoms with Gasteiger partial charge in [0.25, 0.3) is 0 Å². The molecule has 2 aliphatic rings. The minimum Gasteiger partial charge on any atom is -0.192 e. The third kappa shape index (κ3) is 4.52. The Morgan fingerprint density at radius 1 is 0.625 bits per heavy atom. The number of rotatable bonds is 5. The van der Waals surface area contributed by atoms with E-state index in [9.17, 15) is 10.5 Å². The molecule has 126 valence electrons. The van der Waals surface area contributed by atoms with Gasteiger partial charge in [0.1, 0.15) is 12.1 Å². The van der Waals surface area contributed by atoms with Crippen LogP contribution in [0.2, 0.25) is 0 Å². The fourth-order valence-corrected chi connectivity index (χ4v) is 11.6. The molecule has 2 aliphatic heterocycles. The van der Waals surface area contributed by atoms with Gasteiger partial charge in [-0.1, -0.05) is 47.0 Å². The average molecular weight is 465 g/mol. The van der Waals surface area contributed by atoms with Gasteiger partial charge in [-0.15, -0.1) is 47.0 Å². The van der Waals surface area contributed by atoms with Crippen molar-refractivity contribution in [3.8, 4) is 12.1 Å². The molecule has 0 unspecified atom stereocenters. The van der Waals surface area contributed by atoms with Crippen LogP contribution in [0.3, 0.4) is 0 Å². The summed E-state index contributed by atoms with van der Waals surface area (Å²) in [4.78, 5) is 0. The second-order valence-electron chi connectivity index (χ2n) is 3.92. The summed E-state index contributed by atoms with van der Waals surface area (Å²) in [6, 6.07) is 4.56. The molecule has 0 atom stereocenters. The molecule has 0 bridgehead atoms. The number of nitrogens with zero attached hydrogens (tertiary/aromatic N) is 2. The highest BCUT2D eigenvalue weighted by Crippen LogP contribution is 2.60. The third-order valence-electron chi connectivity index (χ3n) is 2.70. The molecule has 2 rings (SSSR count). The summed E-state index contributed by atoms with van der Waals surface area (Å²) in [7, 11) is 0. The van der Waals surface area contributed by atoms with Gasteiger partial charge in [-0.2, -0.15) is 10.5 Å². The Hall–Kier alpha value is 0.740. The van der Waals surface area contributed by atoms with Crippen LogP contribution in [0.25, 0.3) is 0 Å². The largest absolute Gasteiger partial charge is 0.192 e. The minimum atomic E-state index is 0.501. The van der Waals surface area contributed by atoms with Crippen molar-refractivity contribution in [2.75, 3.05) is 25.0 Å². The van der Waals surface area contributed by atoms with Crippen LogP contribution in [-0.4, -0.2) is 25.0 Å². The molecule has 0 saturated heterocycles. The van der Waals surface area contributed by atoms with Gasteiger partial charge in [0.2, 0.25) is 0 Å². The number of allylic oxidation sites excluding steroid dienone is 2. The van der Waals surface area contributed by atoms with Crippen LogP contribution >= 0.6 is 94.1 Å². The lowest BCUT2D eigenvalue weighted by Gasteiger charge is -2.05. The zero-order valence-corrected chi connectivity index (χ0v) is 19.7. The molecule has 0 N–H and O–H groups in total. The highest BCUT2D eigenvalue weighted by Gasteiger charge is 2.29. The Morgan fingerprint density at radius 3 is 1.04 bits per heavy atom. The molecule has 0 aromatic heterocycles. The first-order chi connectivity index (χ1) is 11.6. The number of thioether (sulfide) groups is 8. The third-order valence-corrected chi connectivity index (χ3v) is 13.1. The fraction of sp³-hybridized carbons (Fsp3) is 0.286. The second-order valence-corrected chi connectivity index (χ2v) is 12.8. The van der Waals surface area contributed by atoms with Gasteiger partial charge in [0.05, 0.1) is 36.6 Å². The van der Waals surface area contributed by atoms with Crippen LogP contribution in [0.1, 0.15) is 0 Å². The van der Waals surface area contributed by atoms with Crippen LogP contribution in [0.4, 0.5) is 0 Å². The molecule has 0 saturated carbocycles. The van der Waals surface area contributed by atoms with E-state index in [-0.39, 0.29) is 0 Å². The van der Waals surface area contributed by atoms with Crippen molar-refractivity contribution in [3.63, 3.8) is 0 Å². The summed E-state index contributed by atoms with van der Waals surface area (Å²) < 4.78 is 6.66. The lowest BCUT2D eigenvalue weighted by molar-refractivity contribution is 1.44. The standard InChI is InChI=1S/C14H12N2S8/c1-17-11-12(18-2)22-9(21-11)7(5-15)8(6-16)10-23-13(19-3)14(20-4)24-10/h1-4H3. The molecule has 2 heterocycles. The van der Waals surface area contributed by atoms with E-state index in [0.717, 1.165) is 8.47 Å². The van der Waals surface area contributed by atoms with Crippen LogP contribution in [0.5, 0.6) is 0 Å². The van der Waals surface area contributed by atoms with Crippen molar-refractivity contribution in [3.05, 3.63) is 36.6 Å². The van der Waals surface area contributed by atoms with Gasteiger partial charge in [0.15, 0.2) is 0 Å². The topological polar surface area (TPSA) is 47.6 Å². The second kappa shape index (κ2) is 10.2. The maximum Gasteiger partial charge on any atom is 0.102 e. The Morgan fingerprint density at radius 2 is 0.875 bits per heavy atom. The van der Waals surface area contributed by atoms with Crippen LogP contribution in [0, 0.1) is 22.7 Å². The predicted molar refractivity (Wildman–Crippen MR) is 124 cm³/mol. The van der Waals surface area contributed by atoms with E-state index in [1.807, 2.05) is 25.0 Å². The SMILES string of the molecule is CSC1=C(SC)SC(=C(C#N)C(C#N)=C2SC(SC)=C(SC)S2)S1. The quantitative estimate of drug-likeness (QED) is 0.393. The fourth-order valence-electron chi connectivity index (χ4n) is 1.66. The maximum atomic E-state index is 9.72. The molecule has 0 aromatic carbocycles. The van der Waals surface area contributed by atoms with Crippen LogP contribution in [0.15, 0.2) is 36.6 Å². The Bertz CT molecular complexity index is 648. The zero-order valence-electron chi connectivity index (χ0n) is 13.2. The van der Waals surface area contributed by atoms with E-state index in [4.69, 9.17) is 0 Å². The van der Waals surface area contributed by atoms with Crippen LogP contribution < -0.4 is 0 Å². The monoisotopic (exact) mass is 464 g/mol. The van der Waals surface area contributed by atoms with Crippen molar-refractivity contribution in [1.82, 2.24) is 0 Å². The molecule has 0 aromatic rings. The first-order valence-electron chi connectivity index (χ1n) is 6.28. The Kier molecular flexibility index (Phi) is 8.92. The van der Waals surface area contributed by atoms with Crippen molar-refractivity contribution < 1.29 is 0 Å². The lowest BCUT2D eigenvalue weighted by atomic mass is 10.2. The molecular formula is C14H12N2S8. The van der Waals surface area contributed by atoms with E-state index in [1.165, 1.54) is 16.9 Å². The van der Waals surface area contributed by atoms with E-state index in [1.54, 1.807) is 94.1 Å². The highest BCUT2D eigenvalue weighted by molar-refractivity contribution is 8.41. The lowest BCUT2D eigenvalue weighted by Crippen LogP contribution is -1.89. The van der Waals surface area contributed by atoms with Gasteiger partial charge in [0, 0.05) is 0 Å². The Labute approximate surface area is 176 Å². The summed E-state index contributed by atoms with van der Waals surface area (Å²) >= 11 is 13.2. The van der Waals surface area contributed by atoms with Gasteiger partial charge < -0.3 is 0 Å². The first kappa shape index (κ1) is 21.0. The number of hydrogen-bond acceptors (Lipinski definition) is 10. The number of hydrogen-bond donors (Lipinski definition) is 0. The molecule has 0 spiro atoms. The van der Waals surface area contributed by atoms with Crippen molar-refractivity contribution in [1.29, 1.82) is 10.5 Å². The first-order valence-corrected chi connectivity index (χ1v) is 14.4. The molecule has 0 amide bonds. The Balaban J connectivity index is 2.42. The molecule has 0 radical (unpaired) electrons. The molecule has 0 fully saturated rings. The molecular weight excluding hydrogens is 453 g/mol. The summed E-state index contributed by atoms with van der Waals surface area (Å²) in [6.45, 7) is 0. The van der Waals surface area contributed by atoms with Crippen LogP contribution in [-0.2, 0) is 0 Å². The van der Waals surface area contributed by atoms with Gasteiger partial charge in [-0.3, -0.25) is 0 Å². The van der Waals surface area contributed by atoms with E-state index >= 15 is 0 Å². The summed E-state index contributed by atoms with van der Waals surface area (Å²) in [5, 5.41) is 19.4. The normalized spacial score (nSPS) is 17.4.